The molecule has 2 aromatic carbocycles. The third-order valence-electron chi connectivity index (χ3n) is 4.99. The summed E-state index contributed by atoms with van der Waals surface area (Å²) in [5.41, 5.74) is 2.99. The van der Waals surface area contributed by atoms with Gasteiger partial charge in [0.05, 0.1) is 7.11 Å². The zero-order chi connectivity index (χ0) is 21.1. The molecule has 1 aliphatic carbocycles. The lowest BCUT2D eigenvalue weighted by Crippen LogP contribution is -2.16. The van der Waals surface area contributed by atoms with Gasteiger partial charge in [-0.3, -0.25) is 9.59 Å². The quantitative estimate of drug-likeness (QED) is 0.711. The summed E-state index contributed by atoms with van der Waals surface area (Å²) in [6.45, 7) is 2.84. The van der Waals surface area contributed by atoms with Crippen LogP contribution in [0.2, 0.25) is 0 Å². The van der Waals surface area contributed by atoms with Gasteiger partial charge in [0.15, 0.2) is 11.5 Å². The average molecular weight is 408 g/mol. The van der Waals surface area contributed by atoms with E-state index in [2.05, 4.69) is 10.6 Å². The fourth-order valence-electron chi connectivity index (χ4n) is 3.16. The number of anilines is 2. The van der Waals surface area contributed by atoms with E-state index < -0.39 is 0 Å². The van der Waals surface area contributed by atoms with E-state index >= 15 is 0 Å². The first kappa shape index (κ1) is 19.8. The second-order valence-corrected chi connectivity index (χ2v) is 7.36. The maximum absolute atomic E-state index is 12.5. The molecule has 2 aliphatic rings. The Labute approximate surface area is 175 Å². The molecule has 0 aromatic heterocycles. The molecule has 1 aliphatic heterocycles. The molecule has 1 fully saturated rings. The molecule has 2 N–H and O–H groups in total. The molecule has 2 aromatic rings. The Kier molecular flexibility index (Phi) is 5.61. The molecule has 0 unspecified atom stereocenters. The lowest BCUT2D eigenvalue weighted by Gasteiger charge is -2.20. The molecule has 0 saturated heterocycles. The highest BCUT2D eigenvalue weighted by Crippen LogP contribution is 2.40. The first-order valence-corrected chi connectivity index (χ1v) is 9.91. The Morgan fingerprint density at radius 3 is 2.67 bits per heavy atom. The van der Waals surface area contributed by atoms with Gasteiger partial charge >= 0.3 is 0 Å². The largest absolute Gasteiger partial charge is 0.493 e. The number of hydrogen-bond donors (Lipinski definition) is 2. The van der Waals surface area contributed by atoms with Crippen molar-refractivity contribution in [2.75, 3.05) is 31.0 Å². The van der Waals surface area contributed by atoms with E-state index in [0.717, 1.165) is 24.0 Å². The average Bonchev–Trinajstić information content (AvgIpc) is 3.59. The fraction of sp³-hybridized carbons (Fsp3) is 0.304. The van der Waals surface area contributed by atoms with Crippen molar-refractivity contribution in [1.29, 1.82) is 0 Å². The van der Waals surface area contributed by atoms with Gasteiger partial charge in [0.1, 0.15) is 13.2 Å². The summed E-state index contributed by atoms with van der Waals surface area (Å²) in [6, 6.07) is 9.07. The molecule has 156 valence electrons. The molecular formula is C23H24N2O5. The van der Waals surface area contributed by atoms with Crippen LogP contribution >= 0.6 is 0 Å². The number of amides is 2. The molecule has 4 rings (SSSR count). The number of nitrogens with one attached hydrogen (secondary N) is 2. The molecule has 0 spiro atoms. The monoisotopic (exact) mass is 408 g/mol. The molecule has 0 bridgehead atoms. The normalized spacial score (nSPS) is 15.0. The number of carbonyl (C=O) groups excluding carboxylic acids is 2. The van der Waals surface area contributed by atoms with Gasteiger partial charge in [-0.05, 0) is 61.2 Å². The predicted molar refractivity (Wildman–Crippen MR) is 114 cm³/mol. The maximum atomic E-state index is 12.5. The van der Waals surface area contributed by atoms with Crippen LogP contribution in [0.1, 0.15) is 24.0 Å². The zero-order valence-corrected chi connectivity index (χ0v) is 17.0. The van der Waals surface area contributed by atoms with E-state index in [0.29, 0.717) is 41.8 Å². The third-order valence-corrected chi connectivity index (χ3v) is 4.99. The van der Waals surface area contributed by atoms with E-state index in [1.807, 2.05) is 19.1 Å². The van der Waals surface area contributed by atoms with E-state index in [9.17, 15) is 9.59 Å². The zero-order valence-electron chi connectivity index (χ0n) is 17.0. The minimum absolute atomic E-state index is 0.0311. The van der Waals surface area contributed by atoms with Gasteiger partial charge in [0, 0.05) is 23.4 Å². The van der Waals surface area contributed by atoms with Crippen molar-refractivity contribution in [3.63, 3.8) is 0 Å². The summed E-state index contributed by atoms with van der Waals surface area (Å²) in [5.74, 6) is 1.60. The fourth-order valence-corrected chi connectivity index (χ4v) is 3.16. The standard InChI is InChI=1S/C23H24N2O5/c1-14-3-7-17(24-23(27)16-5-6-16)13-18(14)25-21(26)8-4-15-11-19(28-2)22-20(12-15)29-9-10-30-22/h3-4,7-8,11-13,16H,5-6,9-10H2,1-2H3,(H,24,27)(H,25,26)/b8-4+. The lowest BCUT2D eigenvalue weighted by atomic mass is 10.1. The Morgan fingerprint density at radius 2 is 1.90 bits per heavy atom. The van der Waals surface area contributed by atoms with Crippen LogP contribution in [0.5, 0.6) is 17.2 Å². The van der Waals surface area contributed by atoms with E-state index in [-0.39, 0.29) is 17.7 Å². The second kappa shape index (κ2) is 8.49. The van der Waals surface area contributed by atoms with Crippen molar-refractivity contribution in [2.24, 2.45) is 5.92 Å². The van der Waals surface area contributed by atoms with Gasteiger partial charge in [-0.15, -0.1) is 0 Å². The van der Waals surface area contributed by atoms with E-state index in [1.165, 1.54) is 6.08 Å². The molecule has 0 atom stereocenters. The summed E-state index contributed by atoms with van der Waals surface area (Å²) < 4.78 is 16.6. The Hall–Kier alpha value is -3.48. The number of hydrogen-bond acceptors (Lipinski definition) is 5. The third kappa shape index (κ3) is 4.56. The van der Waals surface area contributed by atoms with Crippen LogP contribution in [-0.4, -0.2) is 32.1 Å². The number of ether oxygens (including phenoxy) is 3. The number of rotatable bonds is 6. The van der Waals surface area contributed by atoms with Gasteiger partial charge in [-0.25, -0.2) is 0 Å². The Morgan fingerprint density at radius 1 is 1.10 bits per heavy atom. The highest BCUT2D eigenvalue weighted by Gasteiger charge is 2.29. The topological polar surface area (TPSA) is 85.9 Å². The lowest BCUT2D eigenvalue weighted by molar-refractivity contribution is -0.117. The summed E-state index contributed by atoms with van der Waals surface area (Å²) in [5, 5.41) is 5.76. The summed E-state index contributed by atoms with van der Waals surface area (Å²) in [4.78, 5) is 24.4. The van der Waals surface area contributed by atoms with Crippen molar-refractivity contribution < 1.29 is 23.8 Å². The Bertz CT molecular complexity index is 994. The van der Waals surface area contributed by atoms with Gasteiger partial charge in [0.25, 0.3) is 0 Å². The number of fused-ring (bicyclic) bond motifs is 1. The highest BCUT2D eigenvalue weighted by atomic mass is 16.6. The van der Waals surface area contributed by atoms with Crippen LogP contribution in [-0.2, 0) is 9.59 Å². The van der Waals surface area contributed by atoms with E-state index in [1.54, 1.807) is 31.4 Å². The molecule has 7 heteroatoms. The second-order valence-electron chi connectivity index (χ2n) is 7.36. The first-order chi connectivity index (χ1) is 14.5. The van der Waals surface area contributed by atoms with Crippen molar-refractivity contribution in [1.82, 2.24) is 0 Å². The summed E-state index contributed by atoms with van der Waals surface area (Å²) in [6.07, 6.45) is 5.01. The van der Waals surface area contributed by atoms with Crippen LogP contribution in [0.15, 0.2) is 36.4 Å². The van der Waals surface area contributed by atoms with Crippen molar-refractivity contribution in [3.8, 4) is 17.2 Å². The molecule has 1 saturated carbocycles. The van der Waals surface area contributed by atoms with Gasteiger partial charge in [0.2, 0.25) is 17.6 Å². The number of aryl methyl sites for hydroxylation is 1. The van der Waals surface area contributed by atoms with Crippen molar-refractivity contribution >= 4 is 29.3 Å². The maximum Gasteiger partial charge on any atom is 0.248 e. The molecule has 7 nitrogen and oxygen atoms in total. The van der Waals surface area contributed by atoms with Gasteiger partial charge < -0.3 is 24.8 Å². The van der Waals surface area contributed by atoms with Crippen LogP contribution in [0, 0.1) is 12.8 Å². The number of benzene rings is 2. The molecule has 2 amide bonds. The molecular weight excluding hydrogens is 384 g/mol. The van der Waals surface area contributed by atoms with Crippen LogP contribution in [0.3, 0.4) is 0 Å². The van der Waals surface area contributed by atoms with Gasteiger partial charge in [-0.1, -0.05) is 6.07 Å². The van der Waals surface area contributed by atoms with Crippen LogP contribution in [0.4, 0.5) is 11.4 Å². The molecule has 0 radical (unpaired) electrons. The SMILES string of the molecule is COc1cc(/C=C/C(=O)Nc2cc(NC(=O)C3CC3)ccc2C)cc2c1OCCO2. The van der Waals surface area contributed by atoms with Crippen molar-refractivity contribution in [2.45, 2.75) is 19.8 Å². The minimum atomic E-state index is -0.280. The number of carbonyl (C=O) groups is 2. The minimum Gasteiger partial charge on any atom is -0.493 e. The number of methoxy groups -OCH3 is 1. The predicted octanol–water partition coefficient (Wildman–Crippen LogP) is 3.78. The van der Waals surface area contributed by atoms with Crippen LogP contribution in [0.25, 0.3) is 6.08 Å². The molecule has 30 heavy (non-hydrogen) atoms. The van der Waals surface area contributed by atoms with Gasteiger partial charge in [-0.2, -0.15) is 0 Å². The molecule has 1 heterocycles. The highest BCUT2D eigenvalue weighted by molar-refractivity contribution is 6.03. The van der Waals surface area contributed by atoms with Crippen molar-refractivity contribution in [3.05, 3.63) is 47.5 Å². The Balaban J connectivity index is 1.45. The van der Waals surface area contributed by atoms with Crippen LogP contribution < -0.4 is 24.8 Å². The smallest absolute Gasteiger partial charge is 0.248 e. The first-order valence-electron chi connectivity index (χ1n) is 9.91. The summed E-state index contributed by atoms with van der Waals surface area (Å²) >= 11 is 0. The summed E-state index contributed by atoms with van der Waals surface area (Å²) in [7, 11) is 1.56. The van der Waals surface area contributed by atoms with E-state index in [4.69, 9.17) is 14.2 Å².